The topological polar surface area (TPSA) is 107 Å². The van der Waals surface area contributed by atoms with Crippen molar-refractivity contribution in [2.24, 2.45) is 0 Å². The van der Waals surface area contributed by atoms with Gasteiger partial charge in [0.1, 0.15) is 0 Å². The first-order valence-corrected chi connectivity index (χ1v) is 8.70. The number of hydrogen-bond donors (Lipinski definition) is 2. The van der Waals surface area contributed by atoms with Gasteiger partial charge in [-0.3, -0.25) is 24.1 Å². The van der Waals surface area contributed by atoms with Crippen molar-refractivity contribution in [3.8, 4) is 0 Å². The van der Waals surface area contributed by atoms with E-state index in [1.807, 2.05) is 30.3 Å². The number of nitrogens with zero attached hydrogens (tertiary/aromatic N) is 2. The number of imide groups is 1. The van der Waals surface area contributed by atoms with Gasteiger partial charge in [0.15, 0.2) is 0 Å². The maximum Gasteiger partial charge on any atom is 0.312 e. The molecule has 2 rings (SSSR count). The van der Waals surface area contributed by atoms with Crippen molar-refractivity contribution in [2.45, 2.75) is 6.54 Å². The predicted octanol–water partition coefficient (Wildman–Crippen LogP) is -0.181. The van der Waals surface area contributed by atoms with Gasteiger partial charge in [-0.15, -0.1) is 0 Å². The molecule has 1 saturated heterocycles. The fraction of sp³-hybridized carbons (Fsp3) is 0.375. The van der Waals surface area contributed by atoms with E-state index in [9.17, 15) is 19.2 Å². The van der Waals surface area contributed by atoms with Crippen LogP contribution in [0.3, 0.4) is 0 Å². The van der Waals surface area contributed by atoms with E-state index >= 15 is 0 Å². The highest BCUT2D eigenvalue weighted by molar-refractivity contribution is 8.14. The quantitative estimate of drug-likeness (QED) is 0.649. The number of amides is 4. The van der Waals surface area contributed by atoms with Crippen molar-refractivity contribution in [1.29, 1.82) is 0 Å². The third-order valence-electron chi connectivity index (χ3n) is 3.53. The molecule has 0 atom stereocenters. The van der Waals surface area contributed by atoms with Crippen LogP contribution in [0.25, 0.3) is 0 Å². The molecule has 0 radical (unpaired) electrons. The van der Waals surface area contributed by atoms with Crippen molar-refractivity contribution in [3.63, 3.8) is 0 Å². The number of nitrogens with one attached hydrogen (secondary N) is 1. The lowest BCUT2D eigenvalue weighted by atomic mass is 10.2. The summed E-state index contributed by atoms with van der Waals surface area (Å²) in [7, 11) is 0. The molecule has 0 saturated carbocycles. The Kier molecular flexibility index (Phi) is 6.96. The lowest BCUT2D eigenvalue weighted by Crippen LogP contribution is -2.46. The zero-order valence-electron chi connectivity index (χ0n) is 13.5. The largest absolute Gasteiger partial charge is 0.395 e. The molecule has 134 valence electrons. The third-order valence-corrected chi connectivity index (χ3v) is 4.39. The fourth-order valence-electron chi connectivity index (χ4n) is 2.27. The van der Waals surface area contributed by atoms with Crippen LogP contribution in [0.4, 0.5) is 4.79 Å². The minimum atomic E-state index is -0.837. The van der Waals surface area contributed by atoms with E-state index in [4.69, 9.17) is 5.11 Å². The Bertz CT molecular complexity index is 636. The number of aliphatic hydroxyl groups excluding tert-OH is 1. The van der Waals surface area contributed by atoms with Crippen molar-refractivity contribution in [2.75, 3.05) is 32.0 Å². The smallest absolute Gasteiger partial charge is 0.312 e. The standard InChI is InChI=1S/C16H19N3O5S/c20-9-8-18(10-12-4-2-1-3-5-12)15(23)14(22)17-6-7-19-13(21)11-25-16(19)24/h1-5,20H,6-11H2,(H,17,22). The molecule has 1 fully saturated rings. The molecule has 1 heterocycles. The highest BCUT2D eigenvalue weighted by Crippen LogP contribution is 2.17. The highest BCUT2D eigenvalue weighted by Gasteiger charge is 2.29. The van der Waals surface area contributed by atoms with Gasteiger partial charge in [0.05, 0.1) is 12.4 Å². The molecule has 0 aliphatic carbocycles. The van der Waals surface area contributed by atoms with E-state index in [2.05, 4.69) is 5.32 Å². The van der Waals surface area contributed by atoms with Crippen LogP contribution in [0.15, 0.2) is 30.3 Å². The molecule has 0 spiro atoms. The summed E-state index contributed by atoms with van der Waals surface area (Å²) in [5, 5.41) is 11.2. The highest BCUT2D eigenvalue weighted by atomic mass is 32.2. The van der Waals surface area contributed by atoms with Gasteiger partial charge in [0.25, 0.3) is 5.24 Å². The average Bonchev–Trinajstić information content (AvgIpc) is 2.93. The van der Waals surface area contributed by atoms with Crippen LogP contribution >= 0.6 is 11.8 Å². The van der Waals surface area contributed by atoms with Crippen molar-refractivity contribution in [3.05, 3.63) is 35.9 Å². The van der Waals surface area contributed by atoms with Crippen molar-refractivity contribution in [1.82, 2.24) is 15.1 Å². The molecular weight excluding hydrogens is 346 g/mol. The Morgan fingerprint density at radius 2 is 1.96 bits per heavy atom. The van der Waals surface area contributed by atoms with Gasteiger partial charge in [-0.1, -0.05) is 42.1 Å². The Balaban J connectivity index is 1.86. The average molecular weight is 365 g/mol. The molecular formula is C16H19N3O5S. The van der Waals surface area contributed by atoms with E-state index < -0.39 is 11.8 Å². The normalized spacial score (nSPS) is 13.9. The lowest BCUT2D eigenvalue weighted by Gasteiger charge is -2.21. The number of benzene rings is 1. The lowest BCUT2D eigenvalue weighted by molar-refractivity contribution is -0.146. The first-order chi connectivity index (χ1) is 12.0. The van der Waals surface area contributed by atoms with Crippen LogP contribution in [0.5, 0.6) is 0 Å². The molecule has 0 bridgehead atoms. The Morgan fingerprint density at radius 1 is 1.24 bits per heavy atom. The Morgan fingerprint density at radius 3 is 2.56 bits per heavy atom. The zero-order valence-corrected chi connectivity index (χ0v) is 14.3. The number of rotatable bonds is 7. The molecule has 1 aromatic carbocycles. The maximum absolute atomic E-state index is 12.2. The minimum absolute atomic E-state index is 0.000908. The first kappa shape index (κ1) is 18.9. The Hall–Kier alpha value is -2.39. The van der Waals surface area contributed by atoms with Crippen molar-refractivity contribution >= 4 is 34.7 Å². The minimum Gasteiger partial charge on any atom is -0.395 e. The van der Waals surface area contributed by atoms with Crippen LogP contribution in [0, 0.1) is 0 Å². The number of aliphatic hydroxyl groups is 1. The molecule has 4 amide bonds. The molecule has 1 aromatic rings. The predicted molar refractivity (Wildman–Crippen MR) is 91.5 cm³/mol. The summed E-state index contributed by atoms with van der Waals surface area (Å²) < 4.78 is 0. The maximum atomic E-state index is 12.2. The number of carbonyl (C=O) groups excluding carboxylic acids is 4. The number of hydrogen-bond acceptors (Lipinski definition) is 6. The molecule has 0 unspecified atom stereocenters. The van der Waals surface area contributed by atoms with Gasteiger partial charge in [-0.05, 0) is 5.56 Å². The second-order valence-corrected chi connectivity index (χ2v) is 6.22. The summed E-state index contributed by atoms with van der Waals surface area (Å²) in [6.45, 7) is -0.00256. The van der Waals surface area contributed by atoms with Crippen LogP contribution in [0.2, 0.25) is 0 Å². The van der Waals surface area contributed by atoms with Gasteiger partial charge in [-0.2, -0.15) is 0 Å². The zero-order chi connectivity index (χ0) is 18.2. The van der Waals surface area contributed by atoms with E-state index in [0.29, 0.717) is 0 Å². The SMILES string of the molecule is O=C(NCCN1C(=O)CSC1=O)C(=O)N(CCO)Cc1ccccc1. The number of thioether (sulfide) groups is 1. The molecule has 1 aliphatic heterocycles. The van der Waals surface area contributed by atoms with Crippen molar-refractivity contribution < 1.29 is 24.3 Å². The summed E-state index contributed by atoms with van der Waals surface area (Å²) in [5.41, 5.74) is 0.836. The van der Waals surface area contributed by atoms with E-state index in [-0.39, 0.29) is 49.7 Å². The van der Waals surface area contributed by atoms with Crippen LogP contribution in [-0.4, -0.2) is 69.9 Å². The summed E-state index contributed by atoms with van der Waals surface area (Å²) in [5.74, 6) is -1.81. The van der Waals surface area contributed by atoms with Gasteiger partial charge >= 0.3 is 11.8 Å². The fourth-order valence-corrected chi connectivity index (χ4v) is 3.03. The van der Waals surface area contributed by atoms with Crippen LogP contribution < -0.4 is 5.32 Å². The molecule has 25 heavy (non-hydrogen) atoms. The van der Waals surface area contributed by atoms with E-state index in [0.717, 1.165) is 22.2 Å². The van der Waals surface area contributed by atoms with E-state index in [1.54, 1.807) is 0 Å². The first-order valence-electron chi connectivity index (χ1n) is 7.72. The second-order valence-electron chi connectivity index (χ2n) is 5.29. The van der Waals surface area contributed by atoms with Crippen LogP contribution in [-0.2, 0) is 20.9 Å². The van der Waals surface area contributed by atoms with Gasteiger partial charge in [-0.25, -0.2) is 0 Å². The molecule has 2 N–H and O–H groups in total. The number of carbonyl (C=O) groups is 4. The van der Waals surface area contributed by atoms with Gasteiger partial charge in [0.2, 0.25) is 5.91 Å². The van der Waals surface area contributed by atoms with E-state index in [1.165, 1.54) is 4.90 Å². The molecule has 1 aliphatic rings. The summed E-state index contributed by atoms with van der Waals surface area (Å²) >= 11 is 0.913. The Labute approximate surface area is 149 Å². The summed E-state index contributed by atoms with van der Waals surface area (Å²) in [4.78, 5) is 49.4. The second kappa shape index (κ2) is 9.19. The summed E-state index contributed by atoms with van der Waals surface area (Å²) in [6, 6.07) is 9.11. The molecule has 8 nitrogen and oxygen atoms in total. The van der Waals surface area contributed by atoms with Gasteiger partial charge in [0, 0.05) is 26.2 Å². The van der Waals surface area contributed by atoms with Gasteiger partial charge < -0.3 is 15.3 Å². The molecule has 9 heteroatoms. The summed E-state index contributed by atoms with van der Waals surface area (Å²) in [6.07, 6.45) is 0. The van der Waals surface area contributed by atoms with Crippen LogP contribution in [0.1, 0.15) is 5.56 Å². The molecule has 0 aromatic heterocycles. The monoisotopic (exact) mass is 365 g/mol. The third kappa shape index (κ3) is 5.30.